The van der Waals surface area contributed by atoms with Crippen LogP contribution in [0.25, 0.3) is 0 Å². The van der Waals surface area contributed by atoms with Crippen molar-refractivity contribution in [2.45, 2.75) is 26.4 Å². The summed E-state index contributed by atoms with van der Waals surface area (Å²) in [5, 5.41) is 4.17. The van der Waals surface area contributed by atoms with Crippen LogP contribution in [0.3, 0.4) is 0 Å². The first-order valence-corrected chi connectivity index (χ1v) is 5.80. The second-order valence-electron chi connectivity index (χ2n) is 4.26. The average Bonchev–Trinajstić information content (AvgIpc) is 2.61. The highest BCUT2D eigenvalue weighted by atomic mass is 32.1. The van der Waals surface area contributed by atoms with Crippen LogP contribution in [0.4, 0.5) is 10.5 Å². The number of nitrogens with one attached hydrogen (secondary N) is 2. The molecule has 1 aromatic rings. The summed E-state index contributed by atoms with van der Waals surface area (Å²) in [6.07, 6.45) is -0.609. The van der Waals surface area contributed by atoms with Gasteiger partial charge in [-0.3, -0.25) is 15.5 Å². The van der Waals surface area contributed by atoms with Crippen molar-refractivity contribution >= 4 is 29.0 Å². The van der Waals surface area contributed by atoms with Crippen molar-refractivity contribution < 1.29 is 14.3 Å². The minimum absolute atomic E-state index is 0.332. The molecule has 0 bridgehead atoms. The Morgan fingerprint density at radius 2 is 2.06 bits per heavy atom. The Hall–Kier alpha value is -1.60. The summed E-state index contributed by atoms with van der Waals surface area (Å²) in [4.78, 5) is 23.2. The maximum atomic E-state index is 11.5. The van der Waals surface area contributed by atoms with E-state index in [1.165, 1.54) is 11.3 Å². The number of ether oxygens (including phenoxy) is 1. The van der Waals surface area contributed by atoms with E-state index in [1.54, 1.807) is 32.2 Å². The summed E-state index contributed by atoms with van der Waals surface area (Å²) < 4.78 is 5.07. The van der Waals surface area contributed by atoms with Crippen LogP contribution in [0, 0.1) is 0 Å². The number of hydrogen-bond acceptors (Lipinski definition) is 5. The van der Waals surface area contributed by atoms with Gasteiger partial charge in [-0.15, -0.1) is 11.3 Å². The normalized spacial score (nSPS) is 10.8. The third-order valence-corrected chi connectivity index (χ3v) is 2.55. The topological polar surface area (TPSA) is 93.4 Å². The van der Waals surface area contributed by atoms with Crippen molar-refractivity contribution in [2.24, 2.45) is 5.84 Å². The molecule has 0 saturated heterocycles. The molecule has 0 unspecified atom stereocenters. The Kier molecular flexibility index (Phi) is 4.08. The molecule has 6 nitrogen and oxygen atoms in total. The standard InChI is InChI=1S/C10H15N3O3S/c1-10(2,3)16-9(15)12-6-4-5-17-7(6)8(14)13-11/h4-5H,11H2,1-3H3,(H,12,15)(H,13,14). The molecular weight excluding hydrogens is 242 g/mol. The van der Waals surface area contributed by atoms with E-state index in [1.807, 2.05) is 5.43 Å². The summed E-state index contributed by atoms with van der Waals surface area (Å²) in [6, 6.07) is 1.61. The van der Waals surface area contributed by atoms with Crippen molar-refractivity contribution in [3.63, 3.8) is 0 Å². The fourth-order valence-electron chi connectivity index (χ4n) is 1.06. The van der Waals surface area contributed by atoms with E-state index in [2.05, 4.69) is 5.32 Å². The highest BCUT2D eigenvalue weighted by Gasteiger charge is 2.19. The average molecular weight is 257 g/mol. The Balaban J connectivity index is 2.72. The van der Waals surface area contributed by atoms with E-state index in [0.717, 1.165) is 0 Å². The zero-order valence-corrected chi connectivity index (χ0v) is 10.7. The second kappa shape index (κ2) is 5.15. The Morgan fingerprint density at radius 1 is 1.41 bits per heavy atom. The lowest BCUT2D eigenvalue weighted by atomic mass is 10.2. The van der Waals surface area contributed by atoms with Gasteiger partial charge in [0, 0.05) is 0 Å². The predicted octanol–water partition coefficient (Wildman–Crippen LogP) is 1.70. The van der Waals surface area contributed by atoms with Gasteiger partial charge in [-0.25, -0.2) is 10.6 Å². The molecule has 0 aliphatic rings. The van der Waals surface area contributed by atoms with Gasteiger partial charge >= 0.3 is 6.09 Å². The largest absolute Gasteiger partial charge is 0.444 e. The van der Waals surface area contributed by atoms with Crippen LogP contribution in [-0.2, 0) is 4.74 Å². The fourth-order valence-corrected chi connectivity index (χ4v) is 1.81. The molecule has 0 fully saturated rings. The zero-order chi connectivity index (χ0) is 13.1. The van der Waals surface area contributed by atoms with Gasteiger partial charge in [0.15, 0.2) is 0 Å². The molecule has 0 atom stereocenters. The number of hydrazine groups is 1. The van der Waals surface area contributed by atoms with Crippen molar-refractivity contribution in [2.75, 3.05) is 5.32 Å². The van der Waals surface area contributed by atoms with Crippen LogP contribution < -0.4 is 16.6 Å². The van der Waals surface area contributed by atoms with Crippen molar-refractivity contribution in [3.05, 3.63) is 16.3 Å². The maximum Gasteiger partial charge on any atom is 0.412 e. The number of carbonyl (C=O) groups is 2. The van der Waals surface area contributed by atoms with E-state index in [0.29, 0.717) is 10.6 Å². The molecule has 1 heterocycles. The van der Waals surface area contributed by atoms with Crippen LogP contribution in [0.1, 0.15) is 30.4 Å². The van der Waals surface area contributed by atoms with Gasteiger partial charge in [-0.1, -0.05) is 0 Å². The number of anilines is 1. The van der Waals surface area contributed by atoms with Crippen LogP contribution in [0.5, 0.6) is 0 Å². The molecule has 0 spiro atoms. The first kappa shape index (κ1) is 13.5. The van der Waals surface area contributed by atoms with Crippen LogP contribution in [0.15, 0.2) is 11.4 Å². The van der Waals surface area contributed by atoms with Crippen LogP contribution in [0.2, 0.25) is 0 Å². The Labute approximate surface area is 103 Å². The third-order valence-electron chi connectivity index (χ3n) is 1.64. The first-order valence-electron chi connectivity index (χ1n) is 4.92. The van der Waals surface area contributed by atoms with E-state index in [4.69, 9.17) is 10.6 Å². The lowest BCUT2D eigenvalue weighted by Gasteiger charge is -2.19. The quantitative estimate of drug-likeness (QED) is 0.427. The SMILES string of the molecule is CC(C)(C)OC(=O)Nc1ccsc1C(=O)NN. The Bertz CT molecular complexity index is 423. The molecule has 0 saturated carbocycles. The molecule has 0 aliphatic heterocycles. The number of hydrogen-bond donors (Lipinski definition) is 3. The predicted molar refractivity (Wildman–Crippen MR) is 65.8 cm³/mol. The summed E-state index contributed by atoms with van der Waals surface area (Å²) in [7, 11) is 0. The minimum atomic E-state index is -0.609. The van der Waals surface area contributed by atoms with Gasteiger partial charge in [0.1, 0.15) is 10.5 Å². The maximum absolute atomic E-state index is 11.5. The van der Waals surface area contributed by atoms with Gasteiger partial charge in [0.05, 0.1) is 5.69 Å². The summed E-state index contributed by atoms with van der Waals surface area (Å²) in [5.74, 6) is 4.58. The van der Waals surface area contributed by atoms with Crippen molar-refractivity contribution in [1.82, 2.24) is 5.43 Å². The molecule has 94 valence electrons. The zero-order valence-electron chi connectivity index (χ0n) is 9.87. The summed E-state index contributed by atoms with van der Waals surface area (Å²) in [5.41, 5.74) is 1.80. The molecule has 1 aromatic heterocycles. The van der Waals surface area contributed by atoms with Gasteiger partial charge in [-0.2, -0.15) is 0 Å². The second-order valence-corrected chi connectivity index (χ2v) is 5.18. The van der Waals surface area contributed by atoms with Crippen LogP contribution >= 0.6 is 11.3 Å². The van der Waals surface area contributed by atoms with E-state index < -0.39 is 17.6 Å². The lowest BCUT2D eigenvalue weighted by molar-refractivity contribution is 0.0636. The monoisotopic (exact) mass is 257 g/mol. The van der Waals surface area contributed by atoms with E-state index in [9.17, 15) is 9.59 Å². The molecule has 7 heteroatoms. The van der Waals surface area contributed by atoms with Crippen molar-refractivity contribution in [1.29, 1.82) is 0 Å². The molecule has 17 heavy (non-hydrogen) atoms. The van der Waals surface area contributed by atoms with Gasteiger partial charge in [0.2, 0.25) is 0 Å². The highest BCUT2D eigenvalue weighted by Crippen LogP contribution is 2.22. The number of nitrogens with two attached hydrogens (primary N) is 1. The molecule has 4 N–H and O–H groups in total. The first-order chi connectivity index (χ1) is 7.83. The number of nitrogen functional groups attached to an aromatic ring is 1. The van der Waals surface area contributed by atoms with Crippen molar-refractivity contribution in [3.8, 4) is 0 Å². The highest BCUT2D eigenvalue weighted by molar-refractivity contribution is 7.12. The Morgan fingerprint density at radius 3 is 2.59 bits per heavy atom. The van der Waals surface area contributed by atoms with Gasteiger partial charge in [-0.05, 0) is 32.2 Å². The molecule has 0 aliphatic carbocycles. The van der Waals surface area contributed by atoms with Gasteiger partial charge < -0.3 is 4.74 Å². The summed E-state index contributed by atoms with van der Waals surface area (Å²) in [6.45, 7) is 5.27. The van der Waals surface area contributed by atoms with E-state index >= 15 is 0 Å². The fraction of sp³-hybridized carbons (Fsp3) is 0.400. The van der Waals surface area contributed by atoms with Crippen LogP contribution in [-0.4, -0.2) is 17.6 Å². The number of thiophene rings is 1. The molecule has 0 aromatic carbocycles. The smallest absolute Gasteiger partial charge is 0.412 e. The number of rotatable bonds is 2. The summed E-state index contributed by atoms with van der Waals surface area (Å²) >= 11 is 1.18. The van der Waals surface area contributed by atoms with Gasteiger partial charge in [0.25, 0.3) is 5.91 Å². The molecule has 0 radical (unpaired) electrons. The minimum Gasteiger partial charge on any atom is -0.444 e. The third kappa shape index (κ3) is 4.04. The number of amides is 2. The number of carbonyl (C=O) groups excluding carboxylic acids is 2. The lowest BCUT2D eigenvalue weighted by Crippen LogP contribution is -2.31. The molecular formula is C10H15N3O3S. The molecule has 2 amide bonds. The van der Waals surface area contributed by atoms with E-state index in [-0.39, 0.29) is 0 Å². The molecule has 1 rings (SSSR count).